The van der Waals surface area contributed by atoms with Gasteiger partial charge < -0.3 is 9.84 Å². The second kappa shape index (κ2) is 9.15. The molecule has 1 fully saturated rings. The Balaban J connectivity index is 1.29. The fraction of sp³-hybridized carbons (Fsp3) is 0.296. The number of nitrogens with zero attached hydrogens (tertiary/aromatic N) is 2. The summed E-state index contributed by atoms with van der Waals surface area (Å²) >= 11 is 0. The lowest BCUT2D eigenvalue weighted by molar-refractivity contribution is 0.175. The Morgan fingerprint density at radius 2 is 1.88 bits per heavy atom. The van der Waals surface area contributed by atoms with Gasteiger partial charge in [-0.2, -0.15) is 0 Å². The van der Waals surface area contributed by atoms with Crippen LogP contribution in [-0.4, -0.2) is 33.8 Å². The first-order valence-electron chi connectivity index (χ1n) is 11.3. The molecule has 1 aromatic heterocycles. The topological polar surface area (TPSA) is 54.7 Å². The van der Waals surface area contributed by atoms with Gasteiger partial charge in [-0.25, -0.2) is 0 Å². The Bertz CT molecular complexity index is 1180. The molecule has 2 aliphatic rings. The molecule has 5 heteroatoms. The van der Waals surface area contributed by atoms with Crippen molar-refractivity contribution >= 4 is 11.8 Å². The van der Waals surface area contributed by atoms with Gasteiger partial charge >= 0.3 is 0 Å². The number of pyridine rings is 1. The smallest absolute Gasteiger partial charge is 0.258 e. The van der Waals surface area contributed by atoms with Crippen molar-refractivity contribution in [2.45, 2.75) is 38.5 Å². The third-order valence-corrected chi connectivity index (χ3v) is 6.28. The SMILES string of the molecule is O=c1cc(OCc2ccccc2)ccn1C1=Cc2ccc(CN3CC[C@@H](O)C3)cc2CC1. The minimum atomic E-state index is -0.188. The molecule has 0 bridgehead atoms. The Hall–Kier alpha value is -3.15. The summed E-state index contributed by atoms with van der Waals surface area (Å²) in [5.41, 5.74) is 5.78. The number of benzene rings is 2. The van der Waals surface area contributed by atoms with Gasteiger partial charge in [-0.15, -0.1) is 0 Å². The summed E-state index contributed by atoms with van der Waals surface area (Å²) in [7, 11) is 0. The van der Waals surface area contributed by atoms with E-state index in [-0.39, 0.29) is 11.7 Å². The lowest BCUT2D eigenvalue weighted by Crippen LogP contribution is -2.22. The fourth-order valence-corrected chi connectivity index (χ4v) is 4.56. The van der Waals surface area contributed by atoms with E-state index in [0.29, 0.717) is 12.4 Å². The van der Waals surface area contributed by atoms with Gasteiger partial charge in [-0.1, -0.05) is 48.5 Å². The summed E-state index contributed by atoms with van der Waals surface area (Å²) in [5, 5.41) is 9.74. The van der Waals surface area contributed by atoms with E-state index in [2.05, 4.69) is 29.2 Å². The van der Waals surface area contributed by atoms with Crippen LogP contribution in [0.15, 0.2) is 71.7 Å². The zero-order chi connectivity index (χ0) is 21.9. The van der Waals surface area contributed by atoms with Crippen molar-refractivity contribution in [1.29, 1.82) is 0 Å². The van der Waals surface area contributed by atoms with Crippen LogP contribution in [-0.2, 0) is 19.6 Å². The van der Waals surface area contributed by atoms with Gasteiger partial charge in [0.05, 0.1) is 6.10 Å². The van der Waals surface area contributed by atoms with Gasteiger partial charge in [-0.05, 0) is 53.7 Å². The zero-order valence-electron chi connectivity index (χ0n) is 18.1. The number of aliphatic hydroxyl groups excluding tert-OH is 1. The Morgan fingerprint density at radius 3 is 2.66 bits per heavy atom. The normalized spacial score (nSPS) is 18.3. The maximum atomic E-state index is 12.8. The zero-order valence-corrected chi connectivity index (χ0v) is 18.1. The molecule has 164 valence electrons. The average molecular weight is 429 g/mol. The lowest BCUT2D eigenvalue weighted by atomic mass is 9.93. The third-order valence-electron chi connectivity index (χ3n) is 6.28. The Morgan fingerprint density at radius 1 is 1.00 bits per heavy atom. The van der Waals surface area contributed by atoms with Crippen LogP contribution in [0.1, 0.15) is 35.1 Å². The maximum absolute atomic E-state index is 12.8. The van der Waals surface area contributed by atoms with E-state index < -0.39 is 0 Å². The number of likely N-dealkylation sites (tertiary alicyclic amines) is 1. The van der Waals surface area contributed by atoms with Crippen LogP contribution in [0, 0.1) is 0 Å². The van der Waals surface area contributed by atoms with Crippen LogP contribution in [0.5, 0.6) is 5.75 Å². The third kappa shape index (κ3) is 4.69. The van der Waals surface area contributed by atoms with Gasteiger partial charge in [0.15, 0.2) is 0 Å². The van der Waals surface area contributed by atoms with Gasteiger partial charge in [-0.3, -0.25) is 14.3 Å². The molecular formula is C27H28N2O3. The van der Waals surface area contributed by atoms with Crippen LogP contribution in [0.25, 0.3) is 11.8 Å². The predicted molar refractivity (Wildman–Crippen MR) is 126 cm³/mol. The number of aliphatic hydroxyl groups is 1. The second-order valence-electron chi connectivity index (χ2n) is 8.69. The highest BCUT2D eigenvalue weighted by molar-refractivity contribution is 5.75. The number of β-amino-alcohol motifs (C(OH)–C–C–N with tert-alkyl or cyclic N) is 1. The fourth-order valence-electron chi connectivity index (χ4n) is 4.56. The number of ether oxygens (including phenoxy) is 1. The number of rotatable bonds is 6. The molecule has 0 saturated carbocycles. The van der Waals surface area contributed by atoms with Crippen LogP contribution in [0.3, 0.4) is 0 Å². The molecule has 1 aliphatic carbocycles. The van der Waals surface area contributed by atoms with Crippen molar-refractivity contribution in [3.8, 4) is 5.75 Å². The lowest BCUT2D eigenvalue weighted by Gasteiger charge is -2.21. The van der Waals surface area contributed by atoms with Gasteiger partial charge in [0.25, 0.3) is 5.56 Å². The highest BCUT2D eigenvalue weighted by atomic mass is 16.5. The van der Waals surface area contributed by atoms with Crippen LogP contribution in [0.2, 0.25) is 0 Å². The number of aromatic nitrogens is 1. The number of hydrogen-bond acceptors (Lipinski definition) is 4. The largest absolute Gasteiger partial charge is 0.489 e. The molecule has 32 heavy (non-hydrogen) atoms. The molecule has 1 saturated heterocycles. The first kappa shape index (κ1) is 20.7. The van der Waals surface area contributed by atoms with Crippen molar-refractivity contribution in [3.05, 3.63) is 99.5 Å². The molecule has 1 aliphatic heterocycles. The molecule has 1 atom stereocenters. The number of hydrogen-bond donors (Lipinski definition) is 1. The minimum Gasteiger partial charge on any atom is -0.489 e. The highest BCUT2D eigenvalue weighted by Gasteiger charge is 2.20. The molecular weight excluding hydrogens is 400 g/mol. The molecule has 0 amide bonds. The van der Waals surface area contributed by atoms with E-state index in [9.17, 15) is 9.90 Å². The summed E-state index contributed by atoms with van der Waals surface area (Å²) in [4.78, 5) is 15.1. The molecule has 2 heterocycles. The quantitative estimate of drug-likeness (QED) is 0.646. The maximum Gasteiger partial charge on any atom is 0.258 e. The van der Waals surface area contributed by atoms with Gasteiger partial charge in [0, 0.05) is 37.6 Å². The van der Waals surface area contributed by atoms with Crippen molar-refractivity contribution < 1.29 is 9.84 Å². The molecule has 5 rings (SSSR count). The monoisotopic (exact) mass is 428 g/mol. The van der Waals surface area contributed by atoms with Crippen LogP contribution in [0.4, 0.5) is 0 Å². The van der Waals surface area contributed by atoms with E-state index >= 15 is 0 Å². The van der Waals surface area contributed by atoms with Crippen LogP contribution >= 0.6 is 0 Å². The summed E-state index contributed by atoms with van der Waals surface area (Å²) in [5.74, 6) is 0.587. The summed E-state index contributed by atoms with van der Waals surface area (Å²) in [6.07, 6.45) is 6.34. The molecule has 0 radical (unpaired) electrons. The molecule has 1 N–H and O–H groups in total. The summed E-state index contributed by atoms with van der Waals surface area (Å²) in [6, 6.07) is 19.9. The number of fused-ring (bicyclic) bond motifs is 1. The average Bonchev–Trinajstić information content (AvgIpc) is 3.22. The van der Waals surface area contributed by atoms with E-state index in [0.717, 1.165) is 50.2 Å². The molecule has 3 aromatic rings. The number of allylic oxidation sites excluding steroid dienone is 1. The highest BCUT2D eigenvalue weighted by Crippen LogP contribution is 2.28. The van der Waals surface area contributed by atoms with Crippen molar-refractivity contribution in [1.82, 2.24) is 9.47 Å². The van der Waals surface area contributed by atoms with Crippen molar-refractivity contribution in [2.75, 3.05) is 13.1 Å². The van der Waals surface area contributed by atoms with Crippen molar-refractivity contribution in [3.63, 3.8) is 0 Å². The first-order valence-corrected chi connectivity index (χ1v) is 11.3. The van der Waals surface area contributed by atoms with E-state index in [4.69, 9.17) is 4.74 Å². The Labute approximate surface area is 188 Å². The van der Waals surface area contributed by atoms with Gasteiger partial charge in [0.2, 0.25) is 0 Å². The van der Waals surface area contributed by atoms with E-state index in [1.807, 2.05) is 42.6 Å². The first-order chi connectivity index (χ1) is 15.6. The standard InChI is InChI=1S/C27H28N2O3/c30-25-10-12-28(18-25)17-21-6-7-23-15-24(9-8-22(23)14-21)29-13-11-26(16-27(29)31)32-19-20-4-2-1-3-5-20/h1-7,11,13-16,25,30H,8-10,12,17-19H2/t25-/m1/s1. The second-order valence-corrected chi connectivity index (χ2v) is 8.69. The predicted octanol–water partition coefficient (Wildman–Crippen LogP) is 3.94. The molecule has 0 unspecified atom stereocenters. The van der Waals surface area contributed by atoms with E-state index in [1.54, 1.807) is 10.6 Å². The van der Waals surface area contributed by atoms with Gasteiger partial charge in [0.1, 0.15) is 12.4 Å². The van der Waals surface area contributed by atoms with Crippen molar-refractivity contribution in [2.24, 2.45) is 0 Å². The Kier molecular flexibility index (Phi) is 5.93. The van der Waals surface area contributed by atoms with E-state index in [1.165, 1.54) is 16.7 Å². The summed E-state index contributed by atoms with van der Waals surface area (Å²) < 4.78 is 7.51. The molecule has 5 nitrogen and oxygen atoms in total. The number of aryl methyl sites for hydroxylation is 1. The molecule has 2 aromatic carbocycles. The molecule has 0 spiro atoms. The minimum absolute atomic E-state index is 0.0746. The van der Waals surface area contributed by atoms with Crippen LogP contribution < -0.4 is 10.3 Å². The summed E-state index contributed by atoms with van der Waals surface area (Å²) in [6.45, 7) is 3.04.